The minimum atomic E-state index is -0.881. The predicted octanol–water partition coefficient (Wildman–Crippen LogP) is 1.58. The van der Waals surface area contributed by atoms with E-state index >= 15 is 0 Å². The smallest absolute Gasteiger partial charge is 0.360 e. The van der Waals surface area contributed by atoms with Crippen molar-refractivity contribution in [1.82, 2.24) is 14.7 Å². The summed E-state index contributed by atoms with van der Waals surface area (Å²) < 4.78 is 6.58. The summed E-state index contributed by atoms with van der Waals surface area (Å²) in [5.41, 5.74) is -0.200. The minimum Gasteiger partial charge on any atom is -0.448 e. The van der Waals surface area contributed by atoms with Crippen LogP contribution in [-0.2, 0) is 16.1 Å². The van der Waals surface area contributed by atoms with E-state index in [1.165, 1.54) is 4.68 Å². The molecule has 0 saturated carbocycles. The number of likely N-dealkylation sites (tertiary alicyclic amines) is 1. The molecule has 132 valence electrons. The van der Waals surface area contributed by atoms with Gasteiger partial charge in [0.15, 0.2) is 11.8 Å². The van der Waals surface area contributed by atoms with Gasteiger partial charge < -0.3 is 9.64 Å². The summed E-state index contributed by atoms with van der Waals surface area (Å²) in [5, 5.41) is 4.97. The molecule has 0 bridgehead atoms. The van der Waals surface area contributed by atoms with Crippen molar-refractivity contribution in [1.29, 1.82) is 0 Å². The normalized spacial score (nSPS) is 15.4. The summed E-state index contributed by atoms with van der Waals surface area (Å²) in [5.74, 6) is -0.891. The summed E-state index contributed by atoms with van der Waals surface area (Å²) >= 11 is 0. The van der Waals surface area contributed by atoms with Gasteiger partial charge in [0.2, 0.25) is 0 Å². The van der Waals surface area contributed by atoms with Crippen LogP contribution in [0.3, 0.4) is 0 Å². The van der Waals surface area contributed by atoms with E-state index in [1.807, 2.05) is 0 Å². The number of esters is 1. The van der Waals surface area contributed by atoms with Gasteiger partial charge in [0.1, 0.15) is 0 Å². The lowest BCUT2D eigenvalue weighted by molar-refractivity contribution is -0.138. The number of amides is 1. The number of carbonyl (C=O) groups excluding carboxylic acids is 2. The van der Waals surface area contributed by atoms with Gasteiger partial charge in [-0.1, -0.05) is 18.2 Å². The van der Waals surface area contributed by atoms with E-state index in [9.17, 15) is 14.4 Å². The van der Waals surface area contributed by atoms with Crippen LogP contribution in [0, 0.1) is 0 Å². The summed E-state index contributed by atoms with van der Waals surface area (Å²) in [6.07, 6.45) is 1.06. The van der Waals surface area contributed by atoms with Gasteiger partial charge in [0, 0.05) is 25.0 Å². The fraction of sp³-hybridized carbons (Fsp3) is 0.444. The van der Waals surface area contributed by atoms with Crippen LogP contribution in [0.15, 0.2) is 29.1 Å². The van der Waals surface area contributed by atoms with E-state index in [-0.39, 0.29) is 17.2 Å². The highest BCUT2D eigenvalue weighted by Crippen LogP contribution is 2.16. The van der Waals surface area contributed by atoms with E-state index in [4.69, 9.17) is 4.74 Å². The fourth-order valence-electron chi connectivity index (χ4n) is 3.06. The molecule has 2 aromatic rings. The second kappa shape index (κ2) is 7.04. The number of benzene rings is 1. The lowest BCUT2D eigenvalue weighted by Gasteiger charge is -2.20. The molecule has 0 radical (unpaired) electrons. The molecular weight excluding hydrogens is 322 g/mol. The zero-order valence-electron chi connectivity index (χ0n) is 14.4. The fourth-order valence-corrected chi connectivity index (χ4v) is 3.06. The van der Waals surface area contributed by atoms with Gasteiger partial charge in [-0.2, -0.15) is 5.10 Å². The summed E-state index contributed by atoms with van der Waals surface area (Å²) in [6.45, 7) is 5.08. The topological polar surface area (TPSA) is 81.5 Å². The zero-order valence-corrected chi connectivity index (χ0v) is 14.4. The molecule has 0 N–H and O–H groups in total. The molecule has 1 fully saturated rings. The largest absolute Gasteiger partial charge is 0.448 e. The van der Waals surface area contributed by atoms with Gasteiger partial charge in [-0.15, -0.1) is 0 Å². The lowest BCUT2D eigenvalue weighted by Crippen LogP contribution is -2.38. The number of ether oxygens (including phenoxy) is 1. The molecule has 1 amide bonds. The molecule has 1 aliphatic rings. The molecule has 1 atom stereocenters. The van der Waals surface area contributed by atoms with Crippen LogP contribution in [0.5, 0.6) is 0 Å². The molecular formula is C18H21N3O4. The minimum absolute atomic E-state index is 0.0538. The van der Waals surface area contributed by atoms with E-state index in [2.05, 4.69) is 5.10 Å². The average molecular weight is 343 g/mol. The molecule has 25 heavy (non-hydrogen) atoms. The van der Waals surface area contributed by atoms with Crippen molar-refractivity contribution in [2.24, 2.45) is 0 Å². The molecule has 7 heteroatoms. The maximum atomic E-state index is 12.6. The van der Waals surface area contributed by atoms with Gasteiger partial charge in [0.05, 0.1) is 5.39 Å². The lowest BCUT2D eigenvalue weighted by atomic mass is 10.1. The van der Waals surface area contributed by atoms with E-state index < -0.39 is 12.1 Å². The highest BCUT2D eigenvalue weighted by molar-refractivity contribution is 6.02. The number of hydrogen-bond donors (Lipinski definition) is 0. The van der Waals surface area contributed by atoms with Crippen molar-refractivity contribution in [3.8, 4) is 0 Å². The molecule has 1 aliphatic heterocycles. The van der Waals surface area contributed by atoms with Crippen LogP contribution in [0.25, 0.3) is 10.8 Å². The van der Waals surface area contributed by atoms with Gasteiger partial charge in [-0.05, 0) is 32.8 Å². The maximum absolute atomic E-state index is 12.6. The Hall–Kier alpha value is -2.70. The second-order valence-corrected chi connectivity index (χ2v) is 6.10. The third-order valence-corrected chi connectivity index (χ3v) is 4.41. The number of nitrogens with zero attached hydrogens (tertiary/aromatic N) is 3. The number of rotatable bonds is 4. The Morgan fingerprint density at radius 2 is 1.84 bits per heavy atom. The number of fused-ring (bicyclic) bond motifs is 1. The first-order valence-corrected chi connectivity index (χ1v) is 8.52. The van der Waals surface area contributed by atoms with Crippen molar-refractivity contribution in [3.63, 3.8) is 0 Å². The molecule has 7 nitrogen and oxygen atoms in total. The average Bonchev–Trinajstić information content (AvgIpc) is 3.16. The molecule has 1 aromatic carbocycles. The molecule has 3 rings (SSSR count). The maximum Gasteiger partial charge on any atom is 0.360 e. The molecule has 0 spiro atoms. The van der Waals surface area contributed by atoms with E-state index in [1.54, 1.807) is 43.0 Å². The standard InChI is InChI=1S/C18H21N3O4/c1-3-21-17(23)14-9-5-4-8-13(14)15(19-21)18(24)25-12(2)16(22)20-10-6-7-11-20/h4-5,8-9,12H,3,6-7,10-11H2,1-2H3/t12-/m1/s1. The van der Waals surface area contributed by atoms with Gasteiger partial charge in [-0.25, -0.2) is 9.48 Å². The van der Waals surface area contributed by atoms with Crippen LogP contribution in [0.2, 0.25) is 0 Å². The number of hydrogen-bond acceptors (Lipinski definition) is 5. The molecule has 1 aromatic heterocycles. The quantitative estimate of drug-likeness (QED) is 0.788. The molecule has 1 saturated heterocycles. The monoisotopic (exact) mass is 343 g/mol. The van der Waals surface area contributed by atoms with E-state index in [0.717, 1.165) is 12.8 Å². The Balaban J connectivity index is 1.90. The van der Waals surface area contributed by atoms with Crippen LogP contribution < -0.4 is 5.56 Å². The Kier molecular flexibility index (Phi) is 4.83. The van der Waals surface area contributed by atoms with Crippen LogP contribution in [-0.4, -0.2) is 45.8 Å². The van der Waals surface area contributed by atoms with Gasteiger partial charge >= 0.3 is 5.97 Å². The molecule has 0 aliphatic carbocycles. The number of aromatic nitrogens is 2. The first kappa shape index (κ1) is 17.1. The number of aryl methyl sites for hydroxylation is 1. The Morgan fingerprint density at radius 3 is 2.48 bits per heavy atom. The summed E-state index contributed by atoms with van der Waals surface area (Å²) in [7, 11) is 0. The Bertz CT molecular complexity index is 868. The summed E-state index contributed by atoms with van der Waals surface area (Å²) in [6, 6.07) is 6.78. The highest BCUT2D eigenvalue weighted by Gasteiger charge is 2.27. The van der Waals surface area contributed by atoms with Crippen molar-refractivity contribution in [2.75, 3.05) is 13.1 Å². The Labute approximate surface area is 145 Å². The van der Waals surface area contributed by atoms with Crippen molar-refractivity contribution >= 4 is 22.6 Å². The molecule has 2 heterocycles. The van der Waals surface area contributed by atoms with Crippen LogP contribution in [0.4, 0.5) is 0 Å². The third kappa shape index (κ3) is 3.26. The van der Waals surface area contributed by atoms with Gasteiger partial charge in [-0.3, -0.25) is 9.59 Å². The first-order valence-electron chi connectivity index (χ1n) is 8.52. The number of carbonyl (C=O) groups is 2. The highest BCUT2D eigenvalue weighted by atomic mass is 16.5. The first-order chi connectivity index (χ1) is 12.0. The van der Waals surface area contributed by atoms with E-state index in [0.29, 0.717) is 30.4 Å². The zero-order chi connectivity index (χ0) is 18.0. The third-order valence-electron chi connectivity index (χ3n) is 4.41. The van der Waals surface area contributed by atoms with Crippen molar-refractivity contribution in [3.05, 3.63) is 40.3 Å². The second-order valence-electron chi connectivity index (χ2n) is 6.10. The van der Waals surface area contributed by atoms with Gasteiger partial charge in [0.25, 0.3) is 11.5 Å². The van der Waals surface area contributed by atoms with Crippen molar-refractivity contribution in [2.45, 2.75) is 39.3 Å². The van der Waals surface area contributed by atoms with Crippen molar-refractivity contribution < 1.29 is 14.3 Å². The predicted molar refractivity (Wildman–Crippen MR) is 92.4 cm³/mol. The molecule has 0 unspecified atom stereocenters. The SMILES string of the molecule is CCn1nc(C(=O)O[C@H](C)C(=O)N2CCCC2)c2ccccc2c1=O. The Morgan fingerprint density at radius 1 is 1.20 bits per heavy atom. The summed E-state index contributed by atoms with van der Waals surface area (Å²) in [4.78, 5) is 39.0. The van der Waals surface area contributed by atoms with Crippen LogP contribution >= 0.6 is 0 Å². The van der Waals surface area contributed by atoms with Crippen LogP contribution in [0.1, 0.15) is 37.2 Å².